The Bertz CT molecular complexity index is 1490. The summed E-state index contributed by atoms with van der Waals surface area (Å²) in [6.07, 6.45) is 0. The molecule has 0 saturated heterocycles. The van der Waals surface area contributed by atoms with E-state index < -0.39 is 17.2 Å². The Kier molecular flexibility index (Phi) is 7.29. The van der Waals surface area contributed by atoms with Gasteiger partial charge in [-0.15, -0.1) is 0 Å². The molecule has 0 bridgehead atoms. The molecule has 1 unspecified atom stereocenters. The first-order valence-corrected chi connectivity index (χ1v) is 12.0. The van der Waals surface area contributed by atoms with Gasteiger partial charge in [0.2, 0.25) is 5.69 Å². The second-order valence-electron chi connectivity index (χ2n) is 9.28. The van der Waals surface area contributed by atoms with Crippen molar-refractivity contribution in [3.05, 3.63) is 128 Å². The van der Waals surface area contributed by atoms with Gasteiger partial charge in [-0.3, -0.25) is 14.2 Å². The highest BCUT2D eigenvalue weighted by molar-refractivity contribution is 5.92. The molecular formula is C29H30N4O3. The number of aryl methyl sites for hydroxylation is 1. The van der Waals surface area contributed by atoms with Crippen molar-refractivity contribution in [2.24, 2.45) is 0 Å². The highest BCUT2D eigenvalue weighted by Gasteiger charge is 2.22. The van der Waals surface area contributed by atoms with Gasteiger partial charge in [0.05, 0.1) is 18.3 Å². The van der Waals surface area contributed by atoms with Crippen molar-refractivity contribution in [1.29, 1.82) is 0 Å². The second kappa shape index (κ2) is 10.6. The maximum Gasteiger partial charge on any atom is 0.352 e. The molecule has 0 radical (unpaired) electrons. The van der Waals surface area contributed by atoms with E-state index in [2.05, 4.69) is 24.3 Å². The molecule has 0 aliphatic carbocycles. The highest BCUT2D eigenvalue weighted by Crippen LogP contribution is 2.16. The molecule has 184 valence electrons. The van der Waals surface area contributed by atoms with Crippen LogP contribution >= 0.6 is 0 Å². The Morgan fingerprint density at radius 1 is 0.889 bits per heavy atom. The summed E-state index contributed by atoms with van der Waals surface area (Å²) in [5.41, 5.74) is 2.60. The summed E-state index contributed by atoms with van der Waals surface area (Å²) in [5, 5.41) is 7.09. The van der Waals surface area contributed by atoms with Gasteiger partial charge < -0.3 is 5.32 Å². The summed E-state index contributed by atoms with van der Waals surface area (Å²) in [4.78, 5) is 40.1. The number of aromatic nitrogens is 3. The average molecular weight is 483 g/mol. The first-order valence-electron chi connectivity index (χ1n) is 12.0. The minimum Gasteiger partial charge on any atom is -0.344 e. The lowest BCUT2D eigenvalue weighted by atomic mass is 10.0. The number of rotatable bonds is 7. The fraction of sp³-hybridized carbons (Fsp3) is 0.241. The molecule has 7 nitrogen and oxygen atoms in total. The summed E-state index contributed by atoms with van der Waals surface area (Å²) >= 11 is 0. The van der Waals surface area contributed by atoms with Crippen LogP contribution in [-0.2, 0) is 6.54 Å². The fourth-order valence-corrected chi connectivity index (χ4v) is 4.05. The highest BCUT2D eigenvalue weighted by atomic mass is 16.2. The number of carbonyl (C=O) groups excluding carboxylic acids is 1. The minimum absolute atomic E-state index is 0.0282. The number of nitrogens with one attached hydrogen (secondary N) is 1. The topological polar surface area (TPSA) is 86.0 Å². The van der Waals surface area contributed by atoms with E-state index >= 15 is 0 Å². The van der Waals surface area contributed by atoms with E-state index in [4.69, 9.17) is 0 Å². The van der Waals surface area contributed by atoms with Gasteiger partial charge in [-0.1, -0.05) is 86.1 Å². The largest absolute Gasteiger partial charge is 0.352 e. The molecule has 0 aliphatic rings. The fourth-order valence-electron chi connectivity index (χ4n) is 4.05. The third-order valence-electron chi connectivity index (χ3n) is 6.15. The van der Waals surface area contributed by atoms with Crippen molar-refractivity contribution >= 4 is 5.91 Å². The first-order chi connectivity index (χ1) is 17.2. The van der Waals surface area contributed by atoms with E-state index in [1.807, 2.05) is 80.6 Å². The monoisotopic (exact) mass is 482 g/mol. The van der Waals surface area contributed by atoms with Crippen molar-refractivity contribution in [2.75, 3.05) is 0 Å². The van der Waals surface area contributed by atoms with Crippen molar-refractivity contribution in [3.63, 3.8) is 0 Å². The molecule has 4 rings (SSSR count). The van der Waals surface area contributed by atoms with Crippen LogP contribution in [0.25, 0.3) is 5.69 Å². The van der Waals surface area contributed by atoms with E-state index in [9.17, 15) is 14.4 Å². The smallest absolute Gasteiger partial charge is 0.344 e. The molecule has 0 saturated carbocycles. The first kappa shape index (κ1) is 24.9. The molecule has 36 heavy (non-hydrogen) atoms. The molecule has 0 aliphatic heterocycles. The average Bonchev–Trinajstić information content (AvgIpc) is 2.87. The van der Waals surface area contributed by atoms with Crippen molar-refractivity contribution in [1.82, 2.24) is 19.7 Å². The molecule has 7 heteroatoms. The van der Waals surface area contributed by atoms with Crippen LogP contribution in [-0.4, -0.2) is 20.3 Å². The van der Waals surface area contributed by atoms with Crippen molar-refractivity contribution < 1.29 is 4.79 Å². The SMILES string of the molecule is Cc1cccc(Cn2c(=O)c(C(=O)NC(C)c3ccccc3)nn(-c3ccc(C(C)C)cc3)c2=O)c1. The Morgan fingerprint density at radius 2 is 1.58 bits per heavy atom. The maximum absolute atomic E-state index is 13.4. The van der Waals surface area contributed by atoms with Gasteiger partial charge in [0.15, 0.2) is 0 Å². The Hall–Kier alpha value is -4.26. The van der Waals surface area contributed by atoms with Gasteiger partial charge in [0.25, 0.3) is 11.5 Å². The Labute approximate surface area is 210 Å². The van der Waals surface area contributed by atoms with Crippen molar-refractivity contribution in [3.8, 4) is 5.69 Å². The van der Waals surface area contributed by atoms with E-state index in [1.54, 1.807) is 12.1 Å². The predicted octanol–water partition coefficient (Wildman–Crippen LogP) is 4.37. The van der Waals surface area contributed by atoms with Gasteiger partial charge in [0.1, 0.15) is 0 Å². The third-order valence-corrected chi connectivity index (χ3v) is 6.15. The zero-order valence-corrected chi connectivity index (χ0v) is 20.9. The number of benzene rings is 3. The van der Waals surface area contributed by atoms with Gasteiger partial charge in [-0.05, 0) is 48.6 Å². The van der Waals surface area contributed by atoms with Crippen LogP contribution in [0.1, 0.15) is 65.5 Å². The van der Waals surface area contributed by atoms with E-state index in [0.29, 0.717) is 11.6 Å². The van der Waals surface area contributed by atoms with Crippen LogP contribution in [0.2, 0.25) is 0 Å². The Morgan fingerprint density at radius 3 is 2.22 bits per heavy atom. The molecule has 1 amide bonds. The molecule has 0 fully saturated rings. The lowest BCUT2D eigenvalue weighted by molar-refractivity contribution is 0.0930. The minimum atomic E-state index is -0.727. The van der Waals surface area contributed by atoms with Crippen LogP contribution in [0, 0.1) is 6.92 Å². The second-order valence-corrected chi connectivity index (χ2v) is 9.28. The van der Waals surface area contributed by atoms with Crippen molar-refractivity contribution in [2.45, 2.75) is 46.2 Å². The van der Waals surface area contributed by atoms with Crippen LogP contribution < -0.4 is 16.6 Å². The summed E-state index contributed by atoms with van der Waals surface area (Å²) in [7, 11) is 0. The third kappa shape index (κ3) is 5.35. The quantitative estimate of drug-likeness (QED) is 0.424. The van der Waals surface area contributed by atoms with Crippen LogP contribution in [0.4, 0.5) is 0 Å². The summed E-state index contributed by atoms with van der Waals surface area (Å²) in [6.45, 7) is 7.96. The number of hydrogen-bond acceptors (Lipinski definition) is 4. The summed E-state index contributed by atoms with van der Waals surface area (Å²) in [5.74, 6) is -0.318. The van der Waals surface area contributed by atoms with Gasteiger partial charge in [-0.25, -0.2) is 4.79 Å². The number of amides is 1. The maximum atomic E-state index is 13.4. The number of nitrogens with zero attached hydrogens (tertiary/aromatic N) is 3. The van der Waals surface area contributed by atoms with E-state index in [1.165, 1.54) is 0 Å². The molecule has 1 aromatic heterocycles. The predicted molar refractivity (Wildman–Crippen MR) is 141 cm³/mol. The normalized spacial score (nSPS) is 11.9. The van der Waals surface area contributed by atoms with E-state index in [-0.39, 0.29) is 18.3 Å². The molecule has 3 aromatic carbocycles. The lowest BCUT2D eigenvalue weighted by Gasteiger charge is -2.16. The van der Waals surface area contributed by atoms with Gasteiger partial charge in [-0.2, -0.15) is 9.78 Å². The zero-order chi connectivity index (χ0) is 25.8. The summed E-state index contributed by atoms with van der Waals surface area (Å²) in [6, 6.07) is 24.0. The molecule has 1 heterocycles. The van der Waals surface area contributed by atoms with Crippen LogP contribution in [0.3, 0.4) is 0 Å². The molecule has 1 atom stereocenters. The zero-order valence-electron chi connectivity index (χ0n) is 20.9. The number of hydrogen-bond donors (Lipinski definition) is 1. The molecular weight excluding hydrogens is 452 g/mol. The standard InChI is InChI=1S/C29H30N4O3/c1-19(2)23-13-15-25(16-14-23)33-29(36)32(18-22-10-8-9-20(3)17-22)28(35)26(31-33)27(34)30-21(4)24-11-6-5-7-12-24/h5-17,19,21H,18H2,1-4H3,(H,30,34). The lowest BCUT2D eigenvalue weighted by Crippen LogP contribution is -2.46. The number of carbonyl (C=O) groups is 1. The molecule has 1 N–H and O–H groups in total. The van der Waals surface area contributed by atoms with Gasteiger partial charge in [0, 0.05) is 0 Å². The molecule has 0 spiro atoms. The molecule has 4 aromatic rings. The van der Waals surface area contributed by atoms with Gasteiger partial charge >= 0.3 is 5.69 Å². The van der Waals surface area contributed by atoms with E-state index in [0.717, 1.165) is 31.5 Å². The van der Waals surface area contributed by atoms with Crippen LogP contribution in [0.5, 0.6) is 0 Å². The van der Waals surface area contributed by atoms with Crippen LogP contribution in [0.15, 0.2) is 88.5 Å². The summed E-state index contributed by atoms with van der Waals surface area (Å²) < 4.78 is 2.20. The Balaban J connectivity index is 1.81.